The summed E-state index contributed by atoms with van der Waals surface area (Å²) in [6.45, 7) is 2.01. The maximum atomic E-state index is 5.52. The minimum absolute atomic E-state index is 0.231. The molecule has 0 bridgehead atoms. The standard InChI is InChI=1S/C13H13BO2/c1-11-7-5-6-10-13(11)16-14-15-12-8-3-2-4-9-12/h2-10,14H,1H3. The molecule has 0 heterocycles. The maximum absolute atomic E-state index is 5.52. The van der Waals surface area contributed by atoms with Gasteiger partial charge in [0.15, 0.2) is 0 Å². The van der Waals surface area contributed by atoms with E-state index in [2.05, 4.69) is 0 Å². The lowest BCUT2D eigenvalue weighted by Gasteiger charge is -2.08. The first-order valence-electron chi connectivity index (χ1n) is 5.22. The van der Waals surface area contributed by atoms with Crippen molar-refractivity contribution >= 4 is 7.69 Å². The molecule has 0 fully saturated rings. The van der Waals surface area contributed by atoms with Crippen LogP contribution in [0.25, 0.3) is 0 Å². The predicted molar refractivity (Wildman–Crippen MR) is 66.0 cm³/mol. The Labute approximate surface area is 96.1 Å². The molecular weight excluding hydrogens is 199 g/mol. The van der Waals surface area contributed by atoms with E-state index < -0.39 is 0 Å². The van der Waals surface area contributed by atoms with Gasteiger partial charge in [-0.3, -0.25) is 0 Å². The molecular formula is C13H13BO2. The van der Waals surface area contributed by atoms with E-state index in [1.54, 1.807) is 0 Å². The molecule has 0 radical (unpaired) electrons. The number of para-hydroxylation sites is 2. The summed E-state index contributed by atoms with van der Waals surface area (Å²) in [6.07, 6.45) is 0. The van der Waals surface area contributed by atoms with Crippen LogP contribution in [0.2, 0.25) is 0 Å². The third-order valence-electron chi connectivity index (χ3n) is 2.28. The van der Waals surface area contributed by atoms with Gasteiger partial charge in [-0.15, -0.1) is 0 Å². The molecule has 0 aliphatic heterocycles. The van der Waals surface area contributed by atoms with Crippen molar-refractivity contribution < 1.29 is 9.31 Å². The second-order valence-corrected chi connectivity index (χ2v) is 3.49. The van der Waals surface area contributed by atoms with Gasteiger partial charge in [-0.25, -0.2) is 0 Å². The molecule has 0 atom stereocenters. The topological polar surface area (TPSA) is 18.5 Å². The van der Waals surface area contributed by atoms with Gasteiger partial charge < -0.3 is 9.31 Å². The Balaban J connectivity index is 1.87. The molecule has 0 saturated heterocycles. The molecule has 2 aromatic rings. The summed E-state index contributed by atoms with van der Waals surface area (Å²) in [6, 6.07) is 17.5. The smallest absolute Gasteiger partial charge is 0.529 e. The van der Waals surface area contributed by atoms with E-state index in [0.717, 1.165) is 17.1 Å². The Hall–Kier alpha value is -1.90. The van der Waals surface area contributed by atoms with Crippen LogP contribution < -0.4 is 9.31 Å². The molecule has 0 saturated carbocycles. The molecule has 0 aromatic heterocycles. The Morgan fingerprint density at radius 1 is 0.812 bits per heavy atom. The number of hydrogen-bond acceptors (Lipinski definition) is 2. The van der Waals surface area contributed by atoms with E-state index in [9.17, 15) is 0 Å². The second kappa shape index (κ2) is 5.26. The first kappa shape index (κ1) is 10.6. The quantitative estimate of drug-likeness (QED) is 0.725. The predicted octanol–water partition coefficient (Wildman–Crippen LogP) is 2.72. The zero-order valence-corrected chi connectivity index (χ0v) is 9.22. The monoisotopic (exact) mass is 212 g/mol. The number of benzene rings is 2. The Kier molecular flexibility index (Phi) is 3.49. The highest BCUT2D eigenvalue weighted by Gasteiger charge is 2.00. The average molecular weight is 212 g/mol. The zero-order valence-electron chi connectivity index (χ0n) is 9.22. The molecule has 0 spiro atoms. The summed E-state index contributed by atoms with van der Waals surface area (Å²) in [5.41, 5.74) is 1.11. The van der Waals surface area contributed by atoms with Crippen molar-refractivity contribution in [2.45, 2.75) is 6.92 Å². The molecule has 0 N–H and O–H groups in total. The fourth-order valence-corrected chi connectivity index (χ4v) is 1.40. The van der Waals surface area contributed by atoms with Gasteiger partial charge in [-0.1, -0.05) is 36.4 Å². The van der Waals surface area contributed by atoms with Gasteiger partial charge in [0.25, 0.3) is 0 Å². The van der Waals surface area contributed by atoms with E-state index in [1.807, 2.05) is 61.5 Å². The van der Waals surface area contributed by atoms with Crippen LogP contribution in [0.4, 0.5) is 0 Å². The van der Waals surface area contributed by atoms with Crippen molar-refractivity contribution in [2.75, 3.05) is 0 Å². The number of rotatable bonds is 4. The van der Waals surface area contributed by atoms with Crippen molar-refractivity contribution in [3.8, 4) is 11.5 Å². The minimum atomic E-state index is 0.231. The lowest BCUT2D eigenvalue weighted by Crippen LogP contribution is -2.11. The summed E-state index contributed by atoms with van der Waals surface area (Å²) in [7, 11) is 0.231. The summed E-state index contributed by atoms with van der Waals surface area (Å²) in [4.78, 5) is 0. The van der Waals surface area contributed by atoms with E-state index >= 15 is 0 Å². The Morgan fingerprint density at radius 2 is 1.50 bits per heavy atom. The van der Waals surface area contributed by atoms with Crippen LogP contribution in [-0.4, -0.2) is 7.69 Å². The van der Waals surface area contributed by atoms with E-state index in [-0.39, 0.29) is 7.69 Å². The normalized spacial score (nSPS) is 9.56. The summed E-state index contributed by atoms with van der Waals surface area (Å²) < 4.78 is 11.0. The fraction of sp³-hybridized carbons (Fsp3) is 0.0769. The highest BCUT2D eigenvalue weighted by atomic mass is 16.6. The molecule has 3 heteroatoms. The molecule has 2 aromatic carbocycles. The van der Waals surface area contributed by atoms with Crippen molar-refractivity contribution in [1.29, 1.82) is 0 Å². The van der Waals surface area contributed by atoms with Gasteiger partial charge in [0.2, 0.25) is 0 Å². The van der Waals surface area contributed by atoms with E-state index in [0.29, 0.717) is 0 Å². The molecule has 0 aliphatic rings. The van der Waals surface area contributed by atoms with Gasteiger partial charge in [0.05, 0.1) is 0 Å². The fourth-order valence-electron chi connectivity index (χ4n) is 1.40. The van der Waals surface area contributed by atoms with Crippen LogP contribution in [0.5, 0.6) is 11.5 Å². The summed E-state index contributed by atoms with van der Waals surface area (Å²) in [5.74, 6) is 1.68. The first-order valence-corrected chi connectivity index (χ1v) is 5.22. The number of hydrogen-bond donors (Lipinski definition) is 0. The van der Waals surface area contributed by atoms with Gasteiger partial charge in [0, 0.05) is 0 Å². The molecule has 0 amide bonds. The van der Waals surface area contributed by atoms with Crippen molar-refractivity contribution in [2.24, 2.45) is 0 Å². The lowest BCUT2D eigenvalue weighted by molar-refractivity contribution is 0.457. The highest BCUT2D eigenvalue weighted by Crippen LogP contribution is 2.16. The maximum Gasteiger partial charge on any atom is 0.576 e. The van der Waals surface area contributed by atoms with Crippen molar-refractivity contribution in [3.05, 3.63) is 60.2 Å². The van der Waals surface area contributed by atoms with Crippen LogP contribution in [0.1, 0.15) is 5.56 Å². The molecule has 2 nitrogen and oxygen atoms in total. The molecule has 2 rings (SSSR count). The van der Waals surface area contributed by atoms with Crippen molar-refractivity contribution in [3.63, 3.8) is 0 Å². The largest absolute Gasteiger partial charge is 0.576 e. The average Bonchev–Trinajstić information content (AvgIpc) is 2.33. The summed E-state index contributed by atoms with van der Waals surface area (Å²) >= 11 is 0. The third-order valence-corrected chi connectivity index (χ3v) is 2.28. The molecule has 0 aliphatic carbocycles. The van der Waals surface area contributed by atoms with Crippen LogP contribution in [0.3, 0.4) is 0 Å². The van der Waals surface area contributed by atoms with Crippen LogP contribution in [-0.2, 0) is 0 Å². The van der Waals surface area contributed by atoms with Gasteiger partial charge >= 0.3 is 7.69 Å². The lowest BCUT2D eigenvalue weighted by atomic mass is 10.2. The SMILES string of the molecule is Cc1ccccc1OBOc1ccccc1. The Morgan fingerprint density at radius 3 is 2.25 bits per heavy atom. The van der Waals surface area contributed by atoms with E-state index in [1.165, 1.54) is 0 Å². The van der Waals surface area contributed by atoms with Gasteiger partial charge in [-0.2, -0.15) is 0 Å². The van der Waals surface area contributed by atoms with Crippen molar-refractivity contribution in [1.82, 2.24) is 0 Å². The first-order chi connectivity index (χ1) is 7.86. The van der Waals surface area contributed by atoms with Crippen LogP contribution >= 0.6 is 0 Å². The number of aryl methyl sites for hydroxylation is 1. The Bertz CT molecular complexity index is 443. The third kappa shape index (κ3) is 2.80. The zero-order chi connectivity index (χ0) is 11.2. The summed E-state index contributed by atoms with van der Waals surface area (Å²) in [5, 5.41) is 0. The molecule has 16 heavy (non-hydrogen) atoms. The van der Waals surface area contributed by atoms with Gasteiger partial charge in [0.1, 0.15) is 11.5 Å². The van der Waals surface area contributed by atoms with Crippen LogP contribution in [0.15, 0.2) is 54.6 Å². The molecule has 80 valence electrons. The minimum Gasteiger partial charge on any atom is -0.529 e. The van der Waals surface area contributed by atoms with E-state index in [4.69, 9.17) is 9.31 Å². The molecule has 0 unspecified atom stereocenters. The van der Waals surface area contributed by atoms with Gasteiger partial charge in [-0.05, 0) is 30.7 Å². The second-order valence-electron chi connectivity index (χ2n) is 3.49. The van der Waals surface area contributed by atoms with Crippen LogP contribution in [0, 0.1) is 6.92 Å². The highest BCUT2D eigenvalue weighted by molar-refractivity contribution is 6.20.